The molecule has 0 aliphatic carbocycles. The van der Waals surface area contributed by atoms with E-state index < -0.39 is 0 Å². The molecule has 2 saturated heterocycles. The van der Waals surface area contributed by atoms with Gasteiger partial charge in [-0.2, -0.15) is 0 Å². The molecule has 0 spiro atoms. The van der Waals surface area contributed by atoms with Crippen LogP contribution in [0.3, 0.4) is 0 Å². The first-order valence-electron chi connectivity index (χ1n) is 13.8. The van der Waals surface area contributed by atoms with Crippen LogP contribution in [0.1, 0.15) is 71.6 Å². The van der Waals surface area contributed by atoms with Crippen molar-refractivity contribution in [1.82, 2.24) is 0 Å². The number of hydrogen-bond donors (Lipinski definition) is 0. The first-order valence-corrected chi connectivity index (χ1v) is 15.9. The van der Waals surface area contributed by atoms with E-state index in [2.05, 4.69) is 106 Å². The lowest BCUT2D eigenvalue weighted by Crippen LogP contribution is -2.04. The van der Waals surface area contributed by atoms with E-state index in [1.807, 2.05) is 0 Å². The van der Waals surface area contributed by atoms with Crippen molar-refractivity contribution in [1.29, 1.82) is 0 Å². The van der Waals surface area contributed by atoms with Gasteiger partial charge in [-0.05, 0) is 131 Å². The third-order valence-corrected chi connectivity index (χ3v) is 9.37. The molecule has 0 saturated carbocycles. The van der Waals surface area contributed by atoms with Gasteiger partial charge in [0.15, 0.2) is 12.6 Å². The second-order valence-electron chi connectivity index (χ2n) is 9.99. The summed E-state index contributed by atoms with van der Waals surface area (Å²) in [6, 6.07) is 22.0. The third-order valence-electron chi connectivity index (χ3n) is 7.36. The monoisotopic (exact) mass is 738 g/mol. The Hall–Kier alpha value is -1.04. The third kappa shape index (κ3) is 7.57. The van der Waals surface area contributed by atoms with E-state index in [4.69, 9.17) is 18.9 Å². The number of rotatable bonds is 12. The predicted octanol–water partition coefficient (Wildman–Crippen LogP) is 8.12. The van der Waals surface area contributed by atoms with Crippen molar-refractivity contribution in [2.24, 2.45) is 0 Å². The molecule has 2 aliphatic heterocycles. The van der Waals surface area contributed by atoms with Crippen molar-refractivity contribution >= 4 is 45.2 Å². The Kier molecular flexibility index (Phi) is 10.9. The van der Waals surface area contributed by atoms with Gasteiger partial charge in [-0.3, -0.25) is 0 Å². The lowest BCUT2D eigenvalue weighted by atomic mass is 9.97. The number of aryl methyl sites for hydroxylation is 4. The minimum absolute atomic E-state index is 0.189. The quantitative estimate of drug-likeness (QED) is 0.139. The second-order valence-corrected chi connectivity index (χ2v) is 12.3. The van der Waals surface area contributed by atoms with E-state index in [1.165, 1.54) is 53.4 Å². The molecule has 0 bridgehead atoms. The molecule has 0 amide bonds. The molecule has 0 atom stereocenters. The van der Waals surface area contributed by atoms with Crippen LogP contribution in [0.2, 0.25) is 0 Å². The summed E-state index contributed by atoms with van der Waals surface area (Å²) in [6.45, 7) is 2.74. The highest BCUT2D eigenvalue weighted by Gasteiger charge is 2.21. The molecule has 202 valence electrons. The van der Waals surface area contributed by atoms with Gasteiger partial charge in [0.05, 0.1) is 26.4 Å². The number of unbranched alkanes of at least 4 members (excludes halogenated alkanes) is 2. The van der Waals surface area contributed by atoms with Crippen molar-refractivity contribution in [3.63, 3.8) is 0 Å². The van der Waals surface area contributed by atoms with Crippen molar-refractivity contribution in [2.75, 3.05) is 26.4 Å². The highest BCUT2D eigenvalue weighted by atomic mass is 127. The topological polar surface area (TPSA) is 36.9 Å². The lowest BCUT2D eigenvalue weighted by molar-refractivity contribution is -0.0449. The Morgan fingerprint density at radius 2 is 0.842 bits per heavy atom. The van der Waals surface area contributed by atoms with Crippen LogP contribution in [0.5, 0.6) is 0 Å². The first kappa shape index (κ1) is 28.5. The Morgan fingerprint density at radius 1 is 0.500 bits per heavy atom. The van der Waals surface area contributed by atoms with Crippen LogP contribution in [0.15, 0.2) is 60.7 Å². The van der Waals surface area contributed by atoms with E-state index in [9.17, 15) is 0 Å². The van der Waals surface area contributed by atoms with Crippen LogP contribution < -0.4 is 0 Å². The summed E-state index contributed by atoms with van der Waals surface area (Å²) in [5.74, 6) is 0. The molecule has 3 aromatic carbocycles. The molecular weight excluding hydrogens is 702 g/mol. The fraction of sp³-hybridized carbons (Fsp3) is 0.438. The summed E-state index contributed by atoms with van der Waals surface area (Å²) < 4.78 is 25.8. The van der Waals surface area contributed by atoms with E-state index in [1.54, 1.807) is 0 Å². The summed E-state index contributed by atoms with van der Waals surface area (Å²) in [6.07, 6.45) is 8.68. The molecule has 0 radical (unpaired) electrons. The summed E-state index contributed by atoms with van der Waals surface area (Å²) in [7, 11) is 0. The molecule has 2 heterocycles. The normalized spacial score (nSPS) is 16.5. The number of benzene rings is 3. The number of halogens is 2. The first-order chi connectivity index (χ1) is 18.7. The highest BCUT2D eigenvalue weighted by Crippen LogP contribution is 2.29. The van der Waals surface area contributed by atoms with Crippen molar-refractivity contribution in [3.05, 3.63) is 101 Å². The average molecular weight is 738 g/mol. The maximum atomic E-state index is 5.74. The van der Waals surface area contributed by atoms with E-state index >= 15 is 0 Å². The van der Waals surface area contributed by atoms with E-state index in [-0.39, 0.29) is 12.6 Å². The molecule has 0 unspecified atom stereocenters. The maximum Gasteiger partial charge on any atom is 0.184 e. The Labute approximate surface area is 254 Å². The van der Waals surface area contributed by atoms with Gasteiger partial charge in [0, 0.05) is 18.3 Å². The van der Waals surface area contributed by atoms with Gasteiger partial charge in [0.25, 0.3) is 0 Å². The standard InChI is InChI=1S/C32H36I2O4/c33-29-22-26(14-4-2-10-24-12-6-8-16-28(24)32-37-19-20-38-32)30(34)21-25(29)13-3-1-9-23-11-5-7-15-27(23)31-35-17-18-36-31/h5-8,11-12,15-16,21-22,31-32H,1-4,9-10,13-14,17-20H2. The zero-order valence-corrected chi connectivity index (χ0v) is 26.1. The van der Waals surface area contributed by atoms with Gasteiger partial charge in [-0.25, -0.2) is 0 Å². The maximum absolute atomic E-state index is 5.74. The number of ether oxygens (including phenoxy) is 4. The summed E-state index contributed by atoms with van der Waals surface area (Å²) in [5, 5.41) is 0. The fourth-order valence-corrected chi connectivity index (χ4v) is 6.94. The molecular formula is C32H36I2O4. The predicted molar refractivity (Wildman–Crippen MR) is 167 cm³/mol. The molecule has 38 heavy (non-hydrogen) atoms. The van der Waals surface area contributed by atoms with Crippen LogP contribution in [0.4, 0.5) is 0 Å². The van der Waals surface area contributed by atoms with Gasteiger partial charge in [0.1, 0.15) is 0 Å². The Bertz CT molecular complexity index is 1090. The molecule has 3 aromatic rings. The molecule has 4 nitrogen and oxygen atoms in total. The van der Waals surface area contributed by atoms with E-state index in [0.717, 1.165) is 38.5 Å². The Balaban J connectivity index is 1.09. The molecule has 2 fully saturated rings. The van der Waals surface area contributed by atoms with Gasteiger partial charge in [-0.1, -0.05) is 48.5 Å². The second kappa shape index (κ2) is 14.6. The van der Waals surface area contributed by atoms with Gasteiger partial charge >= 0.3 is 0 Å². The van der Waals surface area contributed by atoms with E-state index in [0.29, 0.717) is 26.4 Å². The molecule has 5 rings (SSSR count). The minimum Gasteiger partial charge on any atom is -0.346 e. The Morgan fingerprint density at radius 3 is 1.24 bits per heavy atom. The summed E-state index contributed by atoms with van der Waals surface area (Å²) in [5.41, 5.74) is 8.04. The van der Waals surface area contributed by atoms with Crippen LogP contribution in [0.25, 0.3) is 0 Å². The van der Waals surface area contributed by atoms with Crippen molar-refractivity contribution < 1.29 is 18.9 Å². The molecule has 0 N–H and O–H groups in total. The summed E-state index contributed by atoms with van der Waals surface area (Å²) in [4.78, 5) is 0. The smallest absolute Gasteiger partial charge is 0.184 e. The molecule has 0 aromatic heterocycles. The van der Waals surface area contributed by atoms with Crippen LogP contribution in [-0.2, 0) is 44.6 Å². The van der Waals surface area contributed by atoms with Gasteiger partial charge in [0.2, 0.25) is 0 Å². The van der Waals surface area contributed by atoms with Crippen LogP contribution in [0, 0.1) is 7.14 Å². The molecule has 2 aliphatic rings. The fourth-order valence-electron chi connectivity index (χ4n) is 5.33. The zero-order valence-electron chi connectivity index (χ0n) is 21.8. The zero-order chi connectivity index (χ0) is 26.2. The summed E-state index contributed by atoms with van der Waals surface area (Å²) >= 11 is 5.06. The van der Waals surface area contributed by atoms with Crippen molar-refractivity contribution in [2.45, 2.75) is 63.9 Å². The van der Waals surface area contributed by atoms with Crippen LogP contribution >= 0.6 is 45.2 Å². The molecule has 6 heteroatoms. The van der Waals surface area contributed by atoms with Gasteiger partial charge in [-0.15, -0.1) is 0 Å². The minimum atomic E-state index is -0.189. The lowest BCUT2D eigenvalue weighted by Gasteiger charge is -2.15. The average Bonchev–Trinajstić information content (AvgIpc) is 3.67. The number of hydrogen-bond acceptors (Lipinski definition) is 4. The van der Waals surface area contributed by atoms with Crippen LogP contribution in [-0.4, -0.2) is 26.4 Å². The SMILES string of the molecule is Ic1cc(CCCCc2ccccc2C2OCCO2)c(I)cc1CCCCc1ccccc1C1OCCO1. The van der Waals surface area contributed by atoms with Gasteiger partial charge < -0.3 is 18.9 Å². The highest BCUT2D eigenvalue weighted by molar-refractivity contribution is 14.1. The largest absolute Gasteiger partial charge is 0.346 e. The van der Waals surface area contributed by atoms with Crippen molar-refractivity contribution in [3.8, 4) is 0 Å².